The quantitative estimate of drug-likeness (QED) is 0.823. The van der Waals surface area contributed by atoms with Gasteiger partial charge in [-0.2, -0.15) is 0 Å². The van der Waals surface area contributed by atoms with Gasteiger partial charge in [0, 0.05) is 13.6 Å². The highest BCUT2D eigenvalue weighted by Crippen LogP contribution is 2.10. The minimum Gasteiger partial charge on any atom is -0.356 e. The summed E-state index contributed by atoms with van der Waals surface area (Å²) < 4.78 is 1.58. The fourth-order valence-electron chi connectivity index (χ4n) is 1.95. The van der Waals surface area contributed by atoms with E-state index in [1.54, 1.807) is 11.6 Å². The van der Waals surface area contributed by atoms with Crippen LogP contribution in [0.25, 0.3) is 10.9 Å². The van der Waals surface area contributed by atoms with Gasteiger partial charge in [-0.1, -0.05) is 31.9 Å². The molecule has 0 aliphatic heterocycles. The van der Waals surface area contributed by atoms with Crippen LogP contribution in [0.3, 0.4) is 0 Å². The molecule has 1 aromatic heterocycles. The first-order chi connectivity index (χ1) is 8.74. The first-order valence-electron chi connectivity index (χ1n) is 6.43. The molecule has 96 valence electrons. The maximum Gasteiger partial charge on any atom is 0.262 e. The van der Waals surface area contributed by atoms with Crippen molar-refractivity contribution < 1.29 is 0 Å². The van der Waals surface area contributed by atoms with Gasteiger partial charge >= 0.3 is 0 Å². The average molecular weight is 245 g/mol. The number of rotatable bonds is 5. The molecule has 1 N–H and O–H groups in total. The smallest absolute Gasteiger partial charge is 0.262 e. The van der Waals surface area contributed by atoms with Crippen LogP contribution in [0.15, 0.2) is 29.1 Å². The van der Waals surface area contributed by atoms with Crippen LogP contribution in [0.1, 0.15) is 26.2 Å². The van der Waals surface area contributed by atoms with Crippen molar-refractivity contribution >= 4 is 16.9 Å². The molecule has 0 aliphatic rings. The van der Waals surface area contributed by atoms with Crippen molar-refractivity contribution in [2.45, 2.75) is 26.2 Å². The molecule has 0 fully saturated rings. The Balaban J connectivity index is 2.28. The van der Waals surface area contributed by atoms with Gasteiger partial charge in [-0.3, -0.25) is 9.36 Å². The summed E-state index contributed by atoms with van der Waals surface area (Å²) in [4.78, 5) is 16.6. The Bertz CT molecular complexity index is 589. The zero-order chi connectivity index (χ0) is 13.0. The van der Waals surface area contributed by atoms with Crippen LogP contribution < -0.4 is 10.9 Å². The number of unbranched alkanes of at least 4 members (excludes halogenated alkanes) is 2. The highest BCUT2D eigenvalue weighted by molar-refractivity contribution is 5.78. The Hall–Kier alpha value is -1.84. The lowest BCUT2D eigenvalue weighted by Gasteiger charge is -2.10. The first kappa shape index (κ1) is 12.6. The van der Waals surface area contributed by atoms with E-state index in [1.807, 2.05) is 24.3 Å². The number of para-hydroxylation sites is 1. The molecule has 0 amide bonds. The zero-order valence-electron chi connectivity index (χ0n) is 10.9. The molecule has 0 radical (unpaired) electrons. The topological polar surface area (TPSA) is 46.9 Å². The van der Waals surface area contributed by atoms with Crippen LogP contribution in [0.5, 0.6) is 0 Å². The standard InChI is InChI=1S/C14H19N3O/c1-3-4-7-10-15-14-16-12-9-6-5-8-11(12)13(18)17(14)2/h5-6,8-9H,3-4,7,10H2,1-2H3,(H,15,16). The second-order valence-electron chi connectivity index (χ2n) is 4.45. The fraction of sp³-hybridized carbons (Fsp3) is 0.429. The van der Waals surface area contributed by atoms with E-state index in [0.717, 1.165) is 18.5 Å². The van der Waals surface area contributed by atoms with Gasteiger partial charge in [0.1, 0.15) is 0 Å². The summed E-state index contributed by atoms with van der Waals surface area (Å²) in [5.74, 6) is 0.648. The van der Waals surface area contributed by atoms with Gasteiger partial charge in [-0.15, -0.1) is 0 Å². The molecule has 0 saturated heterocycles. The number of hydrogen-bond donors (Lipinski definition) is 1. The molecular weight excluding hydrogens is 226 g/mol. The van der Waals surface area contributed by atoms with Crippen molar-refractivity contribution in [3.63, 3.8) is 0 Å². The molecule has 18 heavy (non-hydrogen) atoms. The van der Waals surface area contributed by atoms with Crippen molar-refractivity contribution in [3.05, 3.63) is 34.6 Å². The van der Waals surface area contributed by atoms with E-state index < -0.39 is 0 Å². The Morgan fingerprint density at radius 1 is 1.28 bits per heavy atom. The Kier molecular flexibility index (Phi) is 3.97. The van der Waals surface area contributed by atoms with Crippen molar-refractivity contribution in [1.29, 1.82) is 0 Å². The van der Waals surface area contributed by atoms with Gasteiger partial charge in [0.15, 0.2) is 0 Å². The summed E-state index contributed by atoms with van der Waals surface area (Å²) in [5.41, 5.74) is 0.747. The molecule has 0 atom stereocenters. The number of aromatic nitrogens is 2. The van der Waals surface area contributed by atoms with Crippen LogP contribution in [-0.2, 0) is 7.05 Å². The van der Waals surface area contributed by atoms with E-state index in [0.29, 0.717) is 11.3 Å². The molecule has 2 aromatic rings. The van der Waals surface area contributed by atoms with E-state index in [4.69, 9.17) is 0 Å². The molecule has 0 saturated carbocycles. The van der Waals surface area contributed by atoms with Gasteiger partial charge in [0.05, 0.1) is 10.9 Å². The van der Waals surface area contributed by atoms with E-state index in [1.165, 1.54) is 12.8 Å². The molecule has 1 heterocycles. The van der Waals surface area contributed by atoms with Crippen LogP contribution in [-0.4, -0.2) is 16.1 Å². The zero-order valence-corrected chi connectivity index (χ0v) is 10.9. The molecule has 0 bridgehead atoms. The summed E-state index contributed by atoms with van der Waals surface area (Å²) >= 11 is 0. The third kappa shape index (κ3) is 2.53. The largest absolute Gasteiger partial charge is 0.356 e. The van der Waals surface area contributed by atoms with Gasteiger partial charge in [-0.05, 0) is 18.6 Å². The van der Waals surface area contributed by atoms with Crippen molar-refractivity contribution in [3.8, 4) is 0 Å². The van der Waals surface area contributed by atoms with Gasteiger partial charge in [-0.25, -0.2) is 4.98 Å². The Morgan fingerprint density at radius 2 is 2.06 bits per heavy atom. The van der Waals surface area contributed by atoms with Crippen LogP contribution in [0.4, 0.5) is 5.95 Å². The molecule has 2 rings (SSSR count). The number of benzene rings is 1. The van der Waals surface area contributed by atoms with Gasteiger partial charge in [0.25, 0.3) is 5.56 Å². The second kappa shape index (κ2) is 5.67. The normalized spacial score (nSPS) is 10.8. The predicted molar refractivity (Wildman–Crippen MR) is 75.0 cm³/mol. The highest BCUT2D eigenvalue weighted by Gasteiger charge is 2.06. The van der Waals surface area contributed by atoms with Gasteiger partial charge in [0.2, 0.25) is 5.95 Å². The average Bonchev–Trinajstić information content (AvgIpc) is 2.40. The van der Waals surface area contributed by atoms with Crippen LogP contribution in [0.2, 0.25) is 0 Å². The molecule has 0 unspecified atom stereocenters. The summed E-state index contributed by atoms with van der Waals surface area (Å²) in [7, 11) is 1.75. The minimum absolute atomic E-state index is 0.00130. The minimum atomic E-state index is -0.00130. The lowest BCUT2D eigenvalue weighted by molar-refractivity contribution is 0.732. The third-order valence-electron chi connectivity index (χ3n) is 3.05. The summed E-state index contributed by atoms with van der Waals surface area (Å²) in [6, 6.07) is 7.44. The monoisotopic (exact) mass is 245 g/mol. The second-order valence-corrected chi connectivity index (χ2v) is 4.45. The molecular formula is C14H19N3O. The fourth-order valence-corrected chi connectivity index (χ4v) is 1.95. The summed E-state index contributed by atoms with van der Waals surface area (Å²) in [5, 5.41) is 3.90. The molecule has 4 heteroatoms. The first-order valence-corrected chi connectivity index (χ1v) is 6.43. The number of anilines is 1. The lowest BCUT2D eigenvalue weighted by atomic mass is 10.2. The SMILES string of the molecule is CCCCCNc1nc2ccccc2c(=O)n1C. The molecule has 0 aliphatic carbocycles. The maximum atomic E-state index is 12.1. The molecule has 1 aromatic carbocycles. The van der Waals surface area contributed by atoms with E-state index in [2.05, 4.69) is 17.2 Å². The summed E-state index contributed by atoms with van der Waals surface area (Å²) in [6.45, 7) is 3.02. The number of nitrogens with one attached hydrogen (secondary N) is 1. The predicted octanol–water partition coefficient (Wildman–Crippen LogP) is 2.54. The molecule has 0 spiro atoms. The molecule has 4 nitrogen and oxygen atoms in total. The van der Waals surface area contributed by atoms with Crippen molar-refractivity contribution in [1.82, 2.24) is 9.55 Å². The van der Waals surface area contributed by atoms with Crippen molar-refractivity contribution in [2.75, 3.05) is 11.9 Å². The van der Waals surface area contributed by atoms with Crippen molar-refractivity contribution in [2.24, 2.45) is 7.05 Å². The maximum absolute atomic E-state index is 12.1. The van der Waals surface area contributed by atoms with Crippen LogP contribution in [0, 0.1) is 0 Å². The third-order valence-corrected chi connectivity index (χ3v) is 3.05. The van der Waals surface area contributed by atoms with E-state index >= 15 is 0 Å². The Labute approximate surface area is 107 Å². The summed E-state index contributed by atoms with van der Waals surface area (Å²) in [6.07, 6.45) is 3.47. The van der Waals surface area contributed by atoms with E-state index in [9.17, 15) is 4.79 Å². The van der Waals surface area contributed by atoms with Crippen LogP contribution >= 0.6 is 0 Å². The number of nitrogens with zero attached hydrogens (tertiary/aromatic N) is 2. The Morgan fingerprint density at radius 3 is 2.83 bits per heavy atom. The highest BCUT2D eigenvalue weighted by atomic mass is 16.1. The lowest BCUT2D eigenvalue weighted by Crippen LogP contribution is -2.22. The van der Waals surface area contributed by atoms with Gasteiger partial charge < -0.3 is 5.32 Å². The number of fused-ring (bicyclic) bond motifs is 1. The number of hydrogen-bond acceptors (Lipinski definition) is 3. The van der Waals surface area contributed by atoms with E-state index in [-0.39, 0.29) is 5.56 Å².